The number of hydrogen-bond donors (Lipinski definition) is 3. The van der Waals surface area contributed by atoms with E-state index in [2.05, 4.69) is 28.5 Å². The SMILES string of the molecule is O=C(O)CCCCCCC(=O)NCc1ccccc1-c1ccc([C@H]2O[C@@H](CSc3ccccn3)C[C@@H](c3ccc(CO)cc3)O2)cc1. The average molecular weight is 655 g/mol. The fourth-order valence-electron chi connectivity index (χ4n) is 5.61. The molecule has 0 aliphatic carbocycles. The van der Waals surface area contributed by atoms with E-state index in [4.69, 9.17) is 14.6 Å². The van der Waals surface area contributed by atoms with Gasteiger partial charge in [0.15, 0.2) is 6.29 Å². The summed E-state index contributed by atoms with van der Waals surface area (Å²) in [5.74, 6) is -0.0391. The smallest absolute Gasteiger partial charge is 0.303 e. The van der Waals surface area contributed by atoms with Gasteiger partial charge in [-0.25, -0.2) is 4.98 Å². The van der Waals surface area contributed by atoms with Gasteiger partial charge in [-0.2, -0.15) is 0 Å². The van der Waals surface area contributed by atoms with Crippen LogP contribution in [0.1, 0.15) is 79.6 Å². The number of aliphatic hydroxyl groups is 1. The highest BCUT2D eigenvalue weighted by molar-refractivity contribution is 7.99. The Morgan fingerprint density at radius 1 is 0.830 bits per heavy atom. The largest absolute Gasteiger partial charge is 0.481 e. The minimum Gasteiger partial charge on any atom is -0.481 e. The minimum atomic E-state index is -0.776. The van der Waals surface area contributed by atoms with Gasteiger partial charge in [0.2, 0.25) is 5.91 Å². The van der Waals surface area contributed by atoms with E-state index < -0.39 is 12.3 Å². The van der Waals surface area contributed by atoms with Crippen molar-refractivity contribution in [2.75, 3.05) is 5.75 Å². The third-order valence-corrected chi connectivity index (χ3v) is 9.28. The van der Waals surface area contributed by atoms with E-state index in [1.165, 1.54) is 0 Å². The molecule has 47 heavy (non-hydrogen) atoms. The summed E-state index contributed by atoms with van der Waals surface area (Å²) in [6, 6.07) is 30.1. The maximum atomic E-state index is 12.5. The molecule has 5 rings (SSSR count). The number of amides is 1. The first-order chi connectivity index (χ1) is 23.0. The summed E-state index contributed by atoms with van der Waals surface area (Å²) in [6.45, 7) is 0.428. The third kappa shape index (κ3) is 10.5. The van der Waals surface area contributed by atoms with Crippen molar-refractivity contribution in [3.05, 3.63) is 119 Å². The molecule has 0 bridgehead atoms. The number of carboxylic acids is 1. The number of benzene rings is 3. The van der Waals surface area contributed by atoms with Crippen LogP contribution in [0, 0.1) is 0 Å². The number of aromatic nitrogens is 1. The van der Waals surface area contributed by atoms with Crippen molar-refractivity contribution in [3.8, 4) is 11.1 Å². The molecule has 246 valence electrons. The molecule has 0 unspecified atom stereocenters. The van der Waals surface area contributed by atoms with Crippen LogP contribution in [0.5, 0.6) is 0 Å². The monoisotopic (exact) mass is 654 g/mol. The highest BCUT2D eigenvalue weighted by atomic mass is 32.2. The summed E-state index contributed by atoms with van der Waals surface area (Å²) in [6.07, 6.45) is 5.40. The Bertz CT molecular complexity index is 1570. The summed E-state index contributed by atoms with van der Waals surface area (Å²) in [5, 5.41) is 22.3. The van der Waals surface area contributed by atoms with Crippen molar-refractivity contribution >= 4 is 23.6 Å². The van der Waals surface area contributed by atoms with Crippen LogP contribution in [0.25, 0.3) is 11.1 Å². The number of thioether (sulfide) groups is 1. The number of nitrogens with zero attached hydrogens (tertiary/aromatic N) is 1. The number of hydrogen-bond acceptors (Lipinski definition) is 7. The van der Waals surface area contributed by atoms with Gasteiger partial charge in [-0.15, -0.1) is 11.8 Å². The molecule has 3 aromatic carbocycles. The first kappa shape index (κ1) is 34.3. The molecule has 1 fully saturated rings. The molecule has 9 heteroatoms. The van der Waals surface area contributed by atoms with Crippen LogP contribution in [0.3, 0.4) is 0 Å². The maximum Gasteiger partial charge on any atom is 0.303 e. The van der Waals surface area contributed by atoms with Crippen LogP contribution in [0.2, 0.25) is 0 Å². The second-order valence-electron chi connectivity index (χ2n) is 11.7. The zero-order chi connectivity index (χ0) is 32.8. The number of nitrogens with one attached hydrogen (secondary N) is 1. The molecule has 3 N–H and O–H groups in total. The number of ether oxygens (including phenoxy) is 2. The number of carboxylic acid groups (broad SMARTS) is 1. The van der Waals surface area contributed by atoms with Crippen molar-refractivity contribution in [1.29, 1.82) is 0 Å². The lowest BCUT2D eigenvalue weighted by Gasteiger charge is -2.36. The maximum absolute atomic E-state index is 12.5. The summed E-state index contributed by atoms with van der Waals surface area (Å²) >= 11 is 1.67. The van der Waals surface area contributed by atoms with Gasteiger partial charge in [-0.3, -0.25) is 9.59 Å². The highest BCUT2D eigenvalue weighted by Gasteiger charge is 2.32. The predicted molar refractivity (Wildman–Crippen MR) is 182 cm³/mol. The Balaban J connectivity index is 1.23. The van der Waals surface area contributed by atoms with Gasteiger partial charge < -0.3 is 25.0 Å². The number of pyridine rings is 1. The van der Waals surface area contributed by atoms with E-state index in [1.54, 1.807) is 18.0 Å². The van der Waals surface area contributed by atoms with Crippen molar-refractivity contribution < 1.29 is 29.3 Å². The molecule has 8 nitrogen and oxygen atoms in total. The third-order valence-electron chi connectivity index (χ3n) is 8.20. The summed E-state index contributed by atoms with van der Waals surface area (Å²) in [5.41, 5.74) is 5.94. The van der Waals surface area contributed by atoms with Crippen LogP contribution in [0.4, 0.5) is 0 Å². The van der Waals surface area contributed by atoms with E-state index in [0.717, 1.165) is 63.4 Å². The summed E-state index contributed by atoms with van der Waals surface area (Å²) in [7, 11) is 0. The molecule has 1 saturated heterocycles. The quantitative estimate of drug-likeness (QED) is 0.0835. The molecule has 1 aromatic heterocycles. The second kappa shape index (κ2) is 17.8. The number of rotatable bonds is 16. The van der Waals surface area contributed by atoms with E-state index >= 15 is 0 Å². The zero-order valence-electron chi connectivity index (χ0n) is 26.4. The molecule has 1 aliphatic rings. The lowest BCUT2D eigenvalue weighted by molar-refractivity contribution is -0.245. The van der Waals surface area contributed by atoms with E-state index in [0.29, 0.717) is 25.8 Å². The molecular formula is C38H42N2O6S. The number of carbonyl (C=O) groups is 2. The van der Waals surface area contributed by atoms with Crippen molar-refractivity contribution in [3.63, 3.8) is 0 Å². The lowest BCUT2D eigenvalue weighted by Crippen LogP contribution is -2.31. The molecule has 2 heterocycles. The number of aliphatic carboxylic acids is 1. The second-order valence-corrected chi connectivity index (χ2v) is 12.7. The van der Waals surface area contributed by atoms with Gasteiger partial charge in [0.1, 0.15) is 0 Å². The van der Waals surface area contributed by atoms with Crippen molar-refractivity contribution in [2.45, 2.75) is 81.6 Å². The molecule has 3 atom stereocenters. The Morgan fingerprint density at radius 3 is 2.28 bits per heavy atom. The van der Waals surface area contributed by atoms with E-state index in [1.807, 2.05) is 72.8 Å². The first-order valence-electron chi connectivity index (χ1n) is 16.2. The summed E-state index contributed by atoms with van der Waals surface area (Å²) < 4.78 is 13.0. The van der Waals surface area contributed by atoms with Gasteiger partial charge in [0, 0.05) is 43.3 Å². The highest BCUT2D eigenvalue weighted by Crippen LogP contribution is 2.40. The van der Waals surface area contributed by atoms with E-state index in [-0.39, 0.29) is 31.1 Å². The predicted octanol–water partition coefficient (Wildman–Crippen LogP) is 7.62. The van der Waals surface area contributed by atoms with Crippen LogP contribution < -0.4 is 5.32 Å². The molecular weight excluding hydrogens is 612 g/mol. The number of carbonyl (C=O) groups excluding carboxylic acids is 1. The Labute approximate surface area is 280 Å². The molecule has 0 spiro atoms. The van der Waals surface area contributed by atoms with Gasteiger partial charge in [0.25, 0.3) is 0 Å². The van der Waals surface area contributed by atoms with Crippen LogP contribution in [0.15, 0.2) is 102 Å². The van der Waals surface area contributed by atoms with Gasteiger partial charge >= 0.3 is 5.97 Å². The van der Waals surface area contributed by atoms with Crippen LogP contribution in [-0.2, 0) is 32.2 Å². The lowest BCUT2D eigenvalue weighted by atomic mass is 9.97. The van der Waals surface area contributed by atoms with Gasteiger partial charge in [-0.1, -0.05) is 91.7 Å². The Morgan fingerprint density at radius 2 is 1.55 bits per heavy atom. The van der Waals surface area contributed by atoms with Crippen LogP contribution in [-0.4, -0.2) is 38.9 Å². The minimum absolute atomic E-state index is 0.000306. The standard InChI is InChI=1S/C38H42N2O6S/c41-25-27-14-16-29(17-15-27)34-23-32(26-47-36-12-7-8-22-39-36)45-38(46-34)30-20-18-28(19-21-30)33-10-6-5-9-31(33)24-40-35(42)11-3-1-2-4-13-37(43)44/h5-10,12,14-22,32,34,38,41H,1-4,11,13,23-26H2,(H,40,42)(H,43,44)/t32-,34+,38+/m1/s1. The van der Waals surface area contributed by atoms with Gasteiger partial charge in [-0.05, 0) is 52.8 Å². The van der Waals surface area contributed by atoms with Crippen LogP contribution >= 0.6 is 11.8 Å². The fourth-order valence-corrected chi connectivity index (χ4v) is 6.49. The van der Waals surface area contributed by atoms with Crippen molar-refractivity contribution in [2.24, 2.45) is 0 Å². The number of unbranched alkanes of at least 4 members (excludes halogenated alkanes) is 3. The molecule has 0 saturated carbocycles. The first-order valence-corrected chi connectivity index (χ1v) is 17.2. The average Bonchev–Trinajstić information content (AvgIpc) is 3.11. The zero-order valence-corrected chi connectivity index (χ0v) is 27.2. The topological polar surface area (TPSA) is 118 Å². The molecule has 4 aromatic rings. The molecule has 1 aliphatic heterocycles. The normalized spacial score (nSPS) is 17.7. The molecule has 1 amide bonds. The fraction of sp³-hybridized carbons (Fsp3) is 0.342. The van der Waals surface area contributed by atoms with Gasteiger partial charge in [0.05, 0.1) is 23.8 Å². The Hall–Kier alpha value is -4.02. The Kier molecular flexibility index (Phi) is 13.0. The molecule has 0 radical (unpaired) electrons. The van der Waals surface area contributed by atoms with Crippen molar-refractivity contribution in [1.82, 2.24) is 10.3 Å². The van der Waals surface area contributed by atoms with E-state index in [9.17, 15) is 14.7 Å². The number of aliphatic hydroxyl groups excluding tert-OH is 1. The summed E-state index contributed by atoms with van der Waals surface area (Å²) in [4.78, 5) is 27.6.